The van der Waals surface area contributed by atoms with Gasteiger partial charge in [0.05, 0.1) is 22.5 Å². The number of halogens is 2. The molecule has 1 unspecified atom stereocenters. The number of hydrogen-bond donors (Lipinski definition) is 1. The molecule has 1 atom stereocenters. The van der Waals surface area contributed by atoms with Gasteiger partial charge in [-0.3, -0.25) is 4.98 Å². The lowest BCUT2D eigenvalue weighted by Gasteiger charge is -2.20. The van der Waals surface area contributed by atoms with E-state index in [4.69, 9.17) is 9.47 Å². The van der Waals surface area contributed by atoms with Crippen molar-refractivity contribution in [3.05, 3.63) is 130 Å². The number of para-hydroxylation sites is 1. The van der Waals surface area contributed by atoms with E-state index in [1.54, 1.807) is 42.6 Å². The Hall–Kier alpha value is -4.50. The maximum atomic E-state index is 13.7. The molecule has 0 amide bonds. The van der Waals surface area contributed by atoms with E-state index >= 15 is 0 Å². The molecule has 6 nitrogen and oxygen atoms in total. The Morgan fingerprint density at radius 3 is 2.70 bits per heavy atom. The zero-order valence-corrected chi connectivity index (χ0v) is 21.8. The molecule has 0 fully saturated rings. The number of carboxylic acids is 1. The lowest BCUT2D eigenvalue weighted by atomic mass is 10.0. The fourth-order valence-electron chi connectivity index (χ4n) is 4.65. The number of ether oxygens (including phenoxy) is 2. The minimum Gasteiger partial charge on any atom is -0.483 e. The molecule has 0 radical (unpaired) electrons. The number of pyridine rings is 2. The Bertz CT molecular complexity index is 1750. The largest absolute Gasteiger partial charge is 0.483 e. The molecule has 0 spiro atoms. The highest BCUT2D eigenvalue weighted by Gasteiger charge is 2.27. The minimum atomic E-state index is -0.979. The van der Waals surface area contributed by atoms with Gasteiger partial charge in [0, 0.05) is 35.4 Å². The molecule has 9 heteroatoms. The normalized spacial score (nSPS) is 14.1. The van der Waals surface area contributed by atoms with E-state index in [1.807, 2.05) is 30.3 Å². The predicted molar refractivity (Wildman–Crippen MR) is 148 cm³/mol. The van der Waals surface area contributed by atoms with Crippen LogP contribution < -0.4 is 9.47 Å². The standard InChI is InChI=1S/C31H22F2N2O4S/c32-24-14-18-10-11-22(35-26(18)15-25(24)33)16-38-27-9-3-6-20-13-19-7-4-12-34-28(19)31(39-29(20)27)40-17-21-5-1-2-8-23(21)30(36)37/h1-12,14-15,31H,13,16-17H2,(H,36,37). The molecule has 1 aliphatic heterocycles. The quantitative estimate of drug-likeness (QED) is 0.229. The molecule has 0 bridgehead atoms. The summed E-state index contributed by atoms with van der Waals surface area (Å²) < 4.78 is 40.0. The van der Waals surface area contributed by atoms with Gasteiger partial charge in [0.2, 0.25) is 0 Å². The molecule has 40 heavy (non-hydrogen) atoms. The molecule has 2 aromatic heterocycles. The van der Waals surface area contributed by atoms with Crippen molar-refractivity contribution in [2.75, 3.05) is 0 Å². The summed E-state index contributed by atoms with van der Waals surface area (Å²) in [7, 11) is 0. The van der Waals surface area contributed by atoms with Crippen LogP contribution in [-0.2, 0) is 18.8 Å². The van der Waals surface area contributed by atoms with E-state index < -0.39 is 23.0 Å². The van der Waals surface area contributed by atoms with Gasteiger partial charge in [-0.15, -0.1) is 11.8 Å². The second-order valence-electron chi connectivity index (χ2n) is 9.24. The van der Waals surface area contributed by atoms with Crippen LogP contribution in [0.15, 0.2) is 85.1 Å². The third kappa shape index (κ3) is 5.20. The Morgan fingerprint density at radius 1 is 1.00 bits per heavy atom. The molecule has 1 N–H and O–H groups in total. The van der Waals surface area contributed by atoms with Gasteiger partial charge >= 0.3 is 5.97 Å². The van der Waals surface area contributed by atoms with E-state index in [9.17, 15) is 18.7 Å². The highest BCUT2D eigenvalue weighted by Crippen LogP contribution is 2.44. The highest BCUT2D eigenvalue weighted by atomic mass is 32.2. The van der Waals surface area contributed by atoms with Crippen molar-refractivity contribution >= 4 is 28.6 Å². The smallest absolute Gasteiger partial charge is 0.335 e. The second kappa shape index (κ2) is 10.9. The molecule has 1 aliphatic rings. The van der Waals surface area contributed by atoms with Crippen molar-refractivity contribution in [3.8, 4) is 11.5 Å². The van der Waals surface area contributed by atoms with Crippen molar-refractivity contribution in [1.29, 1.82) is 0 Å². The Labute approximate surface area is 232 Å². The molecular weight excluding hydrogens is 534 g/mol. The molecule has 3 aromatic carbocycles. The molecule has 0 aliphatic carbocycles. The molecule has 0 saturated carbocycles. The first kappa shape index (κ1) is 25.8. The van der Waals surface area contributed by atoms with E-state index in [1.165, 1.54) is 11.8 Å². The fourth-order valence-corrected chi connectivity index (χ4v) is 5.77. The topological polar surface area (TPSA) is 81.5 Å². The maximum absolute atomic E-state index is 13.7. The van der Waals surface area contributed by atoms with Gasteiger partial charge in [-0.1, -0.05) is 42.5 Å². The van der Waals surface area contributed by atoms with Gasteiger partial charge in [-0.25, -0.2) is 18.6 Å². The Kier molecular flexibility index (Phi) is 7.04. The monoisotopic (exact) mass is 556 g/mol. The number of rotatable bonds is 7. The van der Waals surface area contributed by atoms with Crippen molar-refractivity contribution in [2.45, 2.75) is 24.2 Å². The van der Waals surface area contributed by atoms with Gasteiger partial charge in [-0.05, 0) is 41.5 Å². The van der Waals surface area contributed by atoms with E-state index in [2.05, 4.69) is 9.97 Å². The first-order valence-corrected chi connectivity index (χ1v) is 13.5. The number of aromatic nitrogens is 2. The summed E-state index contributed by atoms with van der Waals surface area (Å²) in [6.07, 6.45) is 2.30. The summed E-state index contributed by atoms with van der Waals surface area (Å²) in [4.78, 5) is 20.7. The SMILES string of the molecule is O=C(O)c1ccccc1CSC1Oc2c(cccc2OCc2ccc3cc(F)c(F)cc3n2)Cc2cccnc21. The van der Waals surface area contributed by atoms with Gasteiger partial charge in [0.25, 0.3) is 0 Å². The number of hydrogen-bond acceptors (Lipinski definition) is 6. The van der Waals surface area contributed by atoms with Crippen LogP contribution in [0.5, 0.6) is 11.5 Å². The number of thioether (sulfide) groups is 1. The van der Waals surface area contributed by atoms with Crippen molar-refractivity contribution < 1.29 is 28.2 Å². The van der Waals surface area contributed by atoms with Crippen LogP contribution in [0.4, 0.5) is 8.78 Å². The van der Waals surface area contributed by atoms with Crippen molar-refractivity contribution in [3.63, 3.8) is 0 Å². The fraction of sp³-hybridized carbons (Fsp3) is 0.129. The van der Waals surface area contributed by atoms with Gasteiger partial charge in [-0.2, -0.15) is 0 Å². The highest BCUT2D eigenvalue weighted by molar-refractivity contribution is 7.98. The number of aromatic carboxylic acids is 1. The summed E-state index contributed by atoms with van der Waals surface area (Å²) >= 11 is 1.45. The zero-order chi connectivity index (χ0) is 27.6. The van der Waals surface area contributed by atoms with Crippen molar-refractivity contribution in [1.82, 2.24) is 9.97 Å². The Morgan fingerprint density at radius 2 is 1.82 bits per heavy atom. The number of benzene rings is 3. The number of carbonyl (C=O) groups is 1. The van der Waals surface area contributed by atoms with Gasteiger partial charge < -0.3 is 14.6 Å². The number of fused-ring (bicyclic) bond motifs is 3. The van der Waals surface area contributed by atoms with Crippen LogP contribution in [0.2, 0.25) is 0 Å². The first-order chi connectivity index (χ1) is 19.5. The summed E-state index contributed by atoms with van der Waals surface area (Å²) in [6, 6.07) is 22.0. The average molecular weight is 557 g/mol. The lowest BCUT2D eigenvalue weighted by molar-refractivity contribution is 0.0696. The van der Waals surface area contributed by atoms with Gasteiger partial charge in [0.15, 0.2) is 28.6 Å². The Balaban J connectivity index is 1.28. The molecule has 5 aromatic rings. The number of nitrogens with zero attached hydrogens (tertiary/aromatic N) is 2. The van der Waals surface area contributed by atoms with Crippen LogP contribution >= 0.6 is 11.8 Å². The molecule has 200 valence electrons. The first-order valence-electron chi connectivity index (χ1n) is 12.5. The molecular formula is C31H22F2N2O4S. The van der Waals surface area contributed by atoms with Crippen LogP contribution in [-0.4, -0.2) is 21.0 Å². The van der Waals surface area contributed by atoms with E-state index in [-0.39, 0.29) is 12.2 Å². The maximum Gasteiger partial charge on any atom is 0.335 e. The van der Waals surface area contributed by atoms with E-state index in [0.717, 1.165) is 29.0 Å². The van der Waals surface area contributed by atoms with Crippen LogP contribution in [0.25, 0.3) is 10.9 Å². The van der Waals surface area contributed by atoms with Gasteiger partial charge in [0.1, 0.15) is 6.61 Å². The summed E-state index contributed by atoms with van der Waals surface area (Å²) in [5.41, 5.74) is 4.01. The lowest BCUT2D eigenvalue weighted by Crippen LogP contribution is -2.09. The van der Waals surface area contributed by atoms with Crippen molar-refractivity contribution in [2.24, 2.45) is 0 Å². The molecule has 3 heterocycles. The minimum absolute atomic E-state index is 0.0870. The second-order valence-corrected chi connectivity index (χ2v) is 10.3. The molecule has 0 saturated heterocycles. The van der Waals surface area contributed by atoms with Crippen LogP contribution in [0.1, 0.15) is 43.9 Å². The summed E-state index contributed by atoms with van der Waals surface area (Å²) in [5, 5.41) is 10.1. The van der Waals surface area contributed by atoms with Crippen LogP contribution in [0.3, 0.4) is 0 Å². The van der Waals surface area contributed by atoms with E-state index in [0.29, 0.717) is 45.8 Å². The average Bonchev–Trinajstić information content (AvgIpc) is 3.12. The summed E-state index contributed by atoms with van der Waals surface area (Å²) in [6.45, 7) is 0.0870. The van der Waals surface area contributed by atoms with Crippen LogP contribution in [0, 0.1) is 11.6 Å². The third-order valence-corrected chi connectivity index (χ3v) is 7.72. The molecule has 6 rings (SSSR count). The number of carboxylic acid groups (broad SMARTS) is 1. The predicted octanol–water partition coefficient (Wildman–Crippen LogP) is 7.10. The zero-order valence-electron chi connectivity index (χ0n) is 21.0. The summed E-state index contributed by atoms with van der Waals surface area (Å²) in [5.74, 6) is -1.38. The third-order valence-electron chi connectivity index (χ3n) is 6.62.